The van der Waals surface area contributed by atoms with Gasteiger partial charge in [-0.25, -0.2) is 9.50 Å². The minimum absolute atomic E-state index is 0.143. The van der Waals surface area contributed by atoms with Crippen LogP contribution >= 0.6 is 0 Å². The number of hydrogen-bond donors (Lipinski definition) is 4. The number of primary amides is 1. The summed E-state index contributed by atoms with van der Waals surface area (Å²) >= 11 is 0. The van der Waals surface area contributed by atoms with Gasteiger partial charge in [0, 0.05) is 34.9 Å². The number of hydrazine groups is 1. The number of para-hydroxylation sites is 1. The number of nitrogens with two attached hydrogens (primary N) is 1. The molecule has 10 heteroatoms. The minimum atomic E-state index is -0.596. The highest BCUT2D eigenvalue weighted by atomic mass is 16.2. The number of aromatic amines is 1. The number of carbonyl (C=O) groups excluding carboxylic acids is 3. The van der Waals surface area contributed by atoms with Crippen LogP contribution in [0.1, 0.15) is 39.3 Å². The first kappa shape index (κ1) is 21.0. The van der Waals surface area contributed by atoms with Crippen LogP contribution in [0.5, 0.6) is 0 Å². The normalized spacial score (nSPS) is 11.1. The van der Waals surface area contributed by atoms with E-state index in [1.54, 1.807) is 17.6 Å². The molecule has 5 N–H and O–H groups in total. The molecule has 4 aromatic rings. The van der Waals surface area contributed by atoms with Crippen molar-refractivity contribution < 1.29 is 14.4 Å². The lowest BCUT2D eigenvalue weighted by Crippen LogP contribution is -2.42. The SMILES string of the molecule is Cc1nc2c(C(N)=O)cnn2c(C)c1CCC(=O)NNC(=O)Cc1c[nH]c2ccccc12. The average Bonchev–Trinajstić information content (AvgIpc) is 3.37. The van der Waals surface area contributed by atoms with Crippen molar-refractivity contribution in [2.45, 2.75) is 33.1 Å². The van der Waals surface area contributed by atoms with E-state index in [0.717, 1.165) is 27.7 Å². The second-order valence-electron chi connectivity index (χ2n) is 7.55. The summed E-state index contributed by atoms with van der Waals surface area (Å²) in [7, 11) is 0. The summed E-state index contributed by atoms with van der Waals surface area (Å²) in [5, 5.41) is 5.15. The van der Waals surface area contributed by atoms with E-state index in [-0.39, 0.29) is 30.2 Å². The summed E-state index contributed by atoms with van der Waals surface area (Å²) in [5.41, 5.74) is 15.0. The number of benzene rings is 1. The Morgan fingerprint density at radius 3 is 2.66 bits per heavy atom. The molecular formula is C22H23N7O3. The van der Waals surface area contributed by atoms with Gasteiger partial charge >= 0.3 is 0 Å². The predicted octanol–water partition coefficient (Wildman–Crippen LogP) is 1.25. The molecular weight excluding hydrogens is 410 g/mol. The molecule has 4 rings (SSSR count). The first-order valence-corrected chi connectivity index (χ1v) is 10.1. The Kier molecular flexibility index (Phi) is 5.59. The van der Waals surface area contributed by atoms with Gasteiger partial charge in [0.1, 0.15) is 5.56 Å². The molecule has 10 nitrogen and oxygen atoms in total. The van der Waals surface area contributed by atoms with Crippen molar-refractivity contribution in [1.29, 1.82) is 0 Å². The molecule has 0 atom stereocenters. The lowest BCUT2D eigenvalue weighted by molar-refractivity contribution is -0.128. The van der Waals surface area contributed by atoms with Crippen molar-refractivity contribution in [2.24, 2.45) is 5.73 Å². The first-order chi connectivity index (χ1) is 15.3. The molecule has 1 aromatic carbocycles. The zero-order valence-electron chi connectivity index (χ0n) is 17.7. The number of nitrogens with one attached hydrogen (secondary N) is 3. The van der Waals surface area contributed by atoms with Gasteiger partial charge < -0.3 is 10.7 Å². The quantitative estimate of drug-likeness (QED) is 0.338. The molecule has 0 spiro atoms. The average molecular weight is 433 g/mol. The van der Waals surface area contributed by atoms with Crippen molar-refractivity contribution in [3.8, 4) is 0 Å². The van der Waals surface area contributed by atoms with Crippen molar-refractivity contribution in [2.75, 3.05) is 0 Å². The van der Waals surface area contributed by atoms with E-state index >= 15 is 0 Å². The molecule has 32 heavy (non-hydrogen) atoms. The number of H-pyrrole nitrogens is 1. The van der Waals surface area contributed by atoms with Crippen LogP contribution in [0, 0.1) is 13.8 Å². The van der Waals surface area contributed by atoms with Gasteiger partial charge in [0.15, 0.2) is 5.65 Å². The molecule has 3 aromatic heterocycles. The highest BCUT2D eigenvalue weighted by molar-refractivity contribution is 5.98. The summed E-state index contributed by atoms with van der Waals surface area (Å²) in [5.74, 6) is -1.23. The molecule has 3 heterocycles. The maximum Gasteiger partial charge on any atom is 0.254 e. The molecule has 0 fully saturated rings. The number of rotatable bonds is 6. The Bertz CT molecular complexity index is 1350. The fraction of sp³-hybridized carbons (Fsp3) is 0.227. The number of amides is 3. The Morgan fingerprint density at radius 1 is 1.12 bits per heavy atom. The maximum atomic E-state index is 12.3. The molecule has 164 valence electrons. The Hall–Kier alpha value is -4.21. The van der Waals surface area contributed by atoms with Gasteiger partial charge in [-0.05, 0) is 37.5 Å². The fourth-order valence-electron chi connectivity index (χ4n) is 3.78. The summed E-state index contributed by atoms with van der Waals surface area (Å²) in [6, 6.07) is 7.71. The molecule has 0 aliphatic heterocycles. The standard InChI is InChI=1S/C22H23N7O3/c1-12-15(13(2)29-22(26-12)17(11-25-29)21(23)32)7-8-19(30)27-28-20(31)9-14-10-24-18-6-4-3-5-16(14)18/h3-6,10-11,24H,7-9H2,1-2H3,(H2,23,32)(H,27,30)(H,28,31). The van der Waals surface area contributed by atoms with E-state index in [9.17, 15) is 14.4 Å². The molecule has 0 radical (unpaired) electrons. The number of nitrogens with zero attached hydrogens (tertiary/aromatic N) is 3. The van der Waals surface area contributed by atoms with Crippen LogP contribution in [0.15, 0.2) is 36.7 Å². The summed E-state index contributed by atoms with van der Waals surface area (Å²) in [6.45, 7) is 3.65. The van der Waals surface area contributed by atoms with Gasteiger partial charge in [-0.1, -0.05) is 18.2 Å². The summed E-state index contributed by atoms with van der Waals surface area (Å²) in [6.07, 6.45) is 3.86. The molecule has 0 aliphatic rings. The van der Waals surface area contributed by atoms with Crippen LogP contribution in [0.4, 0.5) is 0 Å². The topological polar surface area (TPSA) is 147 Å². The number of aromatic nitrogens is 4. The fourth-order valence-corrected chi connectivity index (χ4v) is 3.78. The number of aryl methyl sites for hydroxylation is 2. The third-order valence-electron chi connectivity index (χ3n) is 5.44. The minimum Gasteiger partial charge on any atom is -0.365 e. The van der Waals surface area contributed by atoms with Gasteiger partial charge in [0.05, 0.1) is 12.6 Å². The van der Waals surface area contributed by atoms with Gasteiger partial charge in [-0.2, -0.15) is 5.10 Å². The number of hydrogen-bond acceptors (Lipinski definition) is 5. The van der Waals surface area contributed by atoms with Crippen LogP contribution in [-0.4, -0.2) is 37.3 Å². The molecule has 0 saturated carbocycles. The monoisotopic (exact) mass is 433 g/mol. The van der Waals surface area contributed by atoms with Crippen molar-refractivity contribution in [1.82, 2.24) is 30.4 Å². The first-order valence-electron chi connectivity index (χ1n) is 10.1. The zero-order chi connectivity index (χ0) is 22.8. The Labute approximate surface area is 183 Å². The van der Waals surface area contributed by atoms with Gasteiger partial charge in [-0.3, -0.25) is 25.2 Å². The van der Waals surface area contributed by atoms with Gasteiger partial charge in [0.2, 0.25) is 11.8 Å². The van der Waals surface area contributed by atoms with Gasteiger partial charge in [-0.15, -0.1) is 0 Å². The van der Waals surface area contributed by atoms with Crippen LogP contribution in [0.3, 0.4) is 0 Å². The zero-order valence-corrected chi connectivity index (χ0v) is 17.7. The second-order valence-corrected chi connectivity index (χ2v) is 7.55. The summed E-state index contributed by atoms with van der Waals surface area (Å²) in [4.78, 5) is 43.6. The molecule has 0 saturated heterocycles. The van der Waals surface area contributed by atoms with E-state index in [1.165, 1.54) is 6.20 Å². The van der Waals surface area contributed by atoms with Crippen molar-refractivity contribution in [3.63, 3.8) is 0 Å². The lowest BCUT2D eigenvalue weighted by Gasteiger charge is -2.12. The van der Waals surface area contributed by atoms with Crippen LogP contribution in [0.2, 0.25) is 0 Å². The highest BCUT2D eigenvalue weighted by Gasteiger charge is 2.17. The van der Waals surface area contributed by atoms with Crippen molar-refractivity contribution in [3.05, 3.63) is 64.7 Å². The summed E-state index contributed by atoms with van der Waals surface area (Å²) < 4.78 is 1.54. The third-order valence-corrected chi connectivity index (χ3v) is 5.44. The van der Waals surface area contributed by atoms with E-state index in [1.807, 2.05) is 31.2 Å². The van der Waals surface area contributed by atoms with Crippen LogP contribution in [-0.2, 0) is 22.4 Å². The van der Waals surface area contributed by atoms with E-state index in [4.69, 9.17) is 5.73 Å². The lowest BCUT2D eigenvalue weighted by atomic mass is 10.1. The van der Waals surface area contributed by atoms with Gasteiger partial charge in [0.25, 0.3) is 5.91 Å². The number of carbonyl (C=O) groups is 3. The van der Waals surface area contributed by atoms with Crippen molar-refractivity contribution >= 4 is 34.3 Å². The smallest absolute Gasteiger partial charge is 0.254 e. The van der Waals surface area contributed by atoms with Crippen LogP contribution < -0.4 is 16.6 Å². The molecule has 0 aliphatic carbocycles. The molecule has 0 unspecified atom stereocenters. The van der Waals surface area contributed by atoms with Crippen LogP contribution in [0.25, 0.3) is 16.6 Å². The highest BCUT2D eigenvalue weighted by Crippen LogP contribution is 2.19. The second kappa shape index (κ2) is 8.50. The molecule has 3 amide bonds. The largest absolute Gasteiger partial charge is 0.365 e. The number of fused-ring (bicyclic) bond motifs is 2. The molecule has 0 bridgehead atoms. The Balaban J connectivity index is 1.35. The van der Waals surface area contributed by atoms with E-state index in [2.05, 4.69) is 25.9 Å². The maximum absolute atomic E-state index is 12.3. The van der Waals surface area contributed by atoms with E-state index in [0.29, 0.717) is 17.8 Å². The van der Waals surface area contributed by atoms with E-state index < -0.39 is 5.91 Å². The predicted molar refractivity (Wildman–Crippen MR) is 118 cm³/mol. The third kappa shape index (κ3) is 4.02. The Morgan fingerprint density at radius 2 is 1.88 bits per heavy atom.